The summed E-state index contributed by atoms with van der Waals surface area (Å²) in [5.41, 5.74) is 3.12. The number of nitrogens with one attached hydrogen (secondary N) is 1. The molecule has 1 unspecified atom stereocenters. The standard InChI is InChI=1S/C14H20N2O2/c1-10-7-11(2)9-12(8-10)13(14(17)18)16-5-3-15-4-6-16/h7-9,13,15H,3-6H2,1-2H3,(H,17,18). The van der Waals surface area contributed by atoms with Crippen molar-refractivity contribution < 1.29 is 9.90 Å². The molecule has 1 heterocycles. The Morgan fingerprint density at radius 2 is 1.78 bits per heavy atom. The molecule has 0 radical (unpaired) electrons. The van der Waals surface area contributed by atoms with Crippen LogP contribution in [0.15, 0.2) is 18.2 Å². The maximum absolute atomic E-state index is 11.6. The molecule has 1 saturated heterocycles. The molecule has 1 aromatic carbocycles. The van der Waals surface area contributed by atoms with Gasteiger partial charge in [0.25, 0.3) is 0 Å². The van der Waals surface area contributed by atoms with E-state index in [1.54, 1.807) is 0 Å². The molecule has 98 valence electrons. The fourth-order valence-corrected chi connectivity index (χ4v) is 2.62. The third kappa shape index (κ3) is 2.89. The Kier molecular flexibility index (Phi) is 3.99. The zero-order valence-corrected chi connectivity index (χ0v) is 10.9. The third-order valence-electron chi connectivity index (χ3n) is 3.31. The molecule has 1 fully saturated rings. The first-order valence-electron chi connectivity index (χ1n) is 6.33. The topological polar surface area (TPSA) is 52.6 Å². The monoisotopic (exact) mass is 248 g/mol. The summed E-state index contributed by atoms with van der Waals surface area (Å²) in [5.74, 6) is -0.762. The lowest BCUT2D eigenvalue weighted by Crippen LogP contribution is -2.47. The molecule has 1 aliphatic heterocycles. The number of carboxylic acid groups (broad SMARTS) is 1. The number of aryl methyl sites for hydroxylation is 2. The second-order valence-electron chi connectivity index (χ2n) is 4.95. The van der Waals surface area contributed by atoms with Gasteiger partial charge >= 0.3 is 5.97 Å². The van der Waals surface area contributed by atoms with Crippen LogP contribution in [-0.4, -0.2) is 42.2 Å². The van der Waals surface area contributed by atoms with Gasteiger partial charge in [0, 0.05) is 26.2 Å². The SMILES string of the molecule is Cc1cc(C)cc(C(C(=O)O)N2CCNCC2)c1. The highest BCUT2D eigenvalue weighted by Gasteiger charge is 2.28. The molecule has 2 rings (SSSR count). The smallest absolute Gasteiger partial charge is 0.325 e. The average Bonchev–Trinajstić information content (AvgIpc) is 2.28. The van der Waals surface area contributed by atoms with E-state index in [1.165, 1.54) is 0 Å². The van der Waals surface area contributed by atoms with Crippen LogP contribution >= 0.6 is 0 Å². The van der Waals surface area contributed by atoms with Crippen LogP contribution in [0.5, 0.6) is 0 Å². The Hall–Kier alpha value is -1.39. The van der Waals surface area contributed by atoms with Crippen LogP contribution < -0.4 is 5.32 Å². The van der Waals surface area contributed by atoms with Gasteiger partial charge in [-0.3, -0.25) is 9.69 Å². The van der Waals surface area contributed by atoms with Crippen molar-refractivity contribution in [2.24, 2.45) is 0 Å². The normalized spacial score (nSPS) is 18.6. The van der Waals surface area contributed by atoms with E-state index in [4.69, 9.17) is 0 Å². The summed E-state index contributed by atoms with van der Waals surface area (Å²) in [4.78, 5) is 13.6. The Morgan fingerprint density at radius 3 is 2.28 bits per heavy atom. The van der Waals surface area contributed by atoms with Gasteiger partial charge in [-0.05, 0) is 19.4 Å². The molecule has 1 aliphatic rings. The Bertz CT molecular complexity index is 419. The van der Waals surface area contributed by atoms with E-state index in [9.17, 15) is 9.90 Å². The molecule has 4 nitrogen and oxygen atoms in total. The van der Waals surface area contributed by atoms with Gasteiger partial charge in [0.1, 0.15) is 6.04 Å². The van der Waals surface area contributed by atoms with Gasteiger partial charge in [-0.2, -0.15) is 0 Å². The summed E-state index contributed by atoms with van der Waals surface area (Å²) in [6, 6.07) is 5.51. The molecular formula is C14H20N2O2. The number of carbonyl (C=O) groups is 1. The van der Waals surface area contributed by atoms with E-state index in [2.05, 4.69) is 11.4 Å². The molecule has 1 atom stereocenters. The molecule has 1 aromatic rings. The minimum absolute atomic E-state index is 0.523. The fraction of sp³-hybridized carbons (Fsp3) is 0.500. The van der Waals surface area contributed by atoms with E-state index in [0.717, 1.165) is 42.9 Å². The van der Waals surface area contributed by atoms with Crippen molar-refractivity contribution in [1.82, 2.24) is 10.2 Å². The van der Waals surface area contributed by atoms with Crippen LogP contribution in [0.2, 0.25) is 0 Å². The van der Waals surface area contributed by atoms with E-state index in [1.807, 2.05) is 30.9 Å². The number of benzene rings is 1. The second-order valence-corrected chi connectivity index (χ2v) is 4.95. The zero-order chi connectivity index (χ0) is 13.1. The van der Waals surface area contributed by atoms with Gasteiger partial charge in [0.05, 0.1) is 0 Å². The van der Waals surface area contributed by atoms with E-state index in [-0.39, 0.29) is 0 Å². The van der Waals surface area contributed by atoms with Crippen LogP contribution in [-0.2, 0) is 4.79 Å². The molecule has 0 aliphatic carbocycles. The van der Waals surface area contributed by atoms with Gasteiger partial charge < -0.3 is 10.4 Å². The highest BCUT2D eigenvalue weighted by molar-refractivity contribution is 5.75. The number of piperazine rings is 1. The summed E-state index contributed by atoms with van der Waals surface area (Å²) < 4.78 is 0. The molecular weight excluding hydrogens is 228 g/mol. The predicted molar refractivity (Wildman–Crippen MR) is 70.7 cm³/mol. The number of aliphatic carboxylic acids is 1. The number of rotatable bonds is 3. The lowest BCUT2D eigenvalue weighted by Gasteiger charge is -2.32. The van der Waals surface area contributed by atoms with Gasteiger partial charge in [-0.1, -0.05) is 29.3 Å². The molecule has 0 aromatic heterocycles. The second kappa shape index (κ2) is 5.50. The average molecular weight is 248 g/mol. The number of hydrogen-bond acceptors (Lipinski definition) is 3. The Balaban J connectivity index is 2.31. The van der Waals surface area contributed by atoms with Gasteiger partial charge in [-0.25, -0.2) is 0 Å². The van der Waals surface area contributed by atoms with E-state index < -0.39 is 12.0 Å². The molecule has 18 heavy (non-hydrogen) atoms. The first-order valence-corrected chi connectivity index (χ1v) is 6.33. The van der Waals surface area contributed by atoms with Crippen molar-refractivity contribution >= 4 is 5.97 Å². The lowest BCUT2D eigenvalue weighted by atomic mass is 9.99. The highest BCUT2D eigenvalue weighted by atomic mass is 16.4. The van der Waals surface area contributed by atoms with Crippen molar-refractivity contribution in [3.63, 3.8) is 0 Å². The zero-order valence-electron chi connectivity index (χ0n) is 10.9. The number of carboxylic acids is 1. The first-order chi connectivity index (χ1) is 8.58. The maximum atomic E-state index is 11.6. The van der Waals surface area contributed by atoms with Crippen molar-refractivity contribution in [3.8, 4) is 0 Å². The van der Waals surface area contributed by atoms with Gasteiger partial charge in [0.2, 0.25) is 0 Å². The van der Waals surface area contributed by atoms with Crippen LogP contribution in [0.1, 0.15) is 22.7 Å². The summed E-state index contributed by atoms with van der Waals surface area (Å²) in [7, 11) is 0. The van der Waals surface area contributed by atoms with Crippen molar-refractivity contribution in [1.29, 1.82) is 0 Å². The predicted octanol–water partition coefficient (Wildman–Crippen LogP) is 1.33. The van der Waals surface area contributed by atoms with E-state index in [0.29, 0.717) is 0 Å². The number of nitrogens with zero attached hydrogens (tertiary/aromatic N) is 1. The molecule has 0 saturated carbocycles. The van der Waals surface area contributed by atoms with Crippen molar-refractivity contribution in [3.05, 3.63) is 34.9 Å². The first kappa shape index (κ1) is 13.1. The van der Waals surface area contributed by atoms with Crippen molar-refractivity contribution in [2.45, 2.75) is 19.9 Å². The fourth-order valence-electron chi connectivity index (χ4n) is 2.62. The quantitative estimate of drug-likeness (QED) is 0.847. The van der Waals surface area contributed by atoms with Crippen LogP contribution in [0.4, 0.5) is 0 Å². The van der Waals surface area contributed by atoms with E-state index >= 15 is 0 Å². The minimum atomic E-state index is -0.762. The Morgan fingerprint density at radius 1 is 1.22 bits per heavy atom. The molecule has 0 amide bonds. The number of hydrogen-bond donors (Lipinski definition) is 2. The molecule has 0 bridgehead atoms. The molecule has 2 N–H and O–H groups in total. The Labute approximate surface area is 108 Å². The summed E-state index contributed by atoms with van der Waals surface area (Å²) in [5, 5.41) is 12.7. The van der Waals surface area contributed by atoms with Crippen LogP contribution in [0.3, 0.4) is 0 Å². The summed E-state index contributed by atoms with van der Waals surface area (Å²) >= 11 is 0. The molecule has 0 spiro atoms. The van der Waals surface area contributed by atoms with Crippen molar-refractivity contribution in [2.75, 3.05) is 26.2 Å². The summed E-state index contributed by atoms with van der Waals surface area (Å²) in [6.07, 6.45) is 0. The largest absolute Gasteiger partial charge is 0.480 e. The lowest BCUT2D eigenvalue weighted by molar-refractivity contribution is -0.143. The minimum Gasteiger partial charge on any atom is -0.480 e. The van der Waals surface area contributed by atoms with Gasteiger partial charge in [0.15, 0.2) is 0 Å². The maximum Gasteiger partial charge on any atom is 0.325 e. The molecule has 4 heteroatoms. The van der Waals surface area contributed by atoms with Crippen LogP contribution in [0.25, 0.3) is 0 Å². The summed E-state index contributed by atoms with van der Waals surface area (Å²) in [6.45, 7) is 7.29. The van der Waals surface area contributed by atoms with Crippen LogP contribution in [0, 0.1) is 13.8 Å². The van der Waals surface area contributed by atoms with Gasteiger partial charge in [-0.15, -0.1) is 0 Å². The third-order valence-corrected chi connectivity index (χ3v) is 3.31. The highest BCUT2D eigenvalue weighted by Crippen LogP contribution is 2.23.